The van der Waals surface area contributed by atoms with E-state index in [2.05, 4.69) is 23.5 Å². The predicted molar refractivity (Wildman–Crippen MR) is 105 cm³/mol. The van der Waals surface area contributed by atoms with Crippen molar-refractivity contribution >= 4 is 34.1 Å². The van der Waals surface area contributed by atoms with Crippen LogP contribution in [0.5, 0.6) is 0 Å². The van der Waals surface area contributed by atoms with Gasteiger partial charge in [-0.2, -0.15) is 0 Å². The molecule has 3 aromatic rings. The van der Waals surface area contributed by atoms with Gasteiger partial charge in [0.25, 0.3) is 5.69 Å². The summed E-state index contributed by atoms with van der Waals surface area (Å²) in [6.07, 6.45) is 0. The minimum Gasteiger partial charge on any atom is -0.351 e. The Morgan fingerprint density at radius 3 is 2.50 bits per heavy atom. The molecular weight excluding hydrogens is 348 g/mol. The maximum atomic E-state index is 12.1. The molecule has 1 amide bonds. The Kier molecular flexibility index (Phi) is 5.86. The topological polar surface area (TPSA) is 72.2 Å². The summed E-state index contributed by atoms with van der Waals surface area (Å²) in [7, 11) is 0. The summed E-state index contributed by atoms with van der Waals surface area (Å²) < 4.78 is 0. The van der Waals surface area contributed by atoms with Crippen molar-refractivity contribution in [3.8, 4) is 0 Å². The first-order chi connectivity index (χ1) is 12.6. The molecule has 0 heterocycles. The van der Waals surface area contributed by atoms with Crippen molar-refractivity contribution in [2.24, 2.45) is 0 Å². The summed E-state index contributed by atoms with van der Waals surface area (Å²) in [5.74, 6) is 0.964. The molecule has 1 N–H and O–H groups in total. The van der Waals surface area contributed by atoms with Crippen LogP contribution in [0.25, 0.3) is 10.8 Å². The van der Waals surface area contributed by atoms with Gasteiger partial charge in [-0.05, 0) is 21.9 Å². The van der Waals surface area contributed by atoms with E-state index in [1.165, 1.54) is 23.9 Å². The number of hydrogen-bond acceptors (Lipinski definition) is 4. The van der Waals surface area contributed by atoms with Gasteiger partial charge in [-0.15, -0.1) is 11.8 Å². The standard InChI is InChI=1S/C20H18N2O3S/c23-20(14-26-13-15-8-10-18(11-9-15)22(24)25)21-12-17-6-3-5-16-4-1-2-7-19(16)17/h1-11H,12-14H2,(H,21,23). The fourth-order valence-corrected chi connectivity index (χ4v) is 3.48. The Morgan fingerprint density at radius 1 is 1.00 bits per heavy atom. The summed E-state index contributed by atoms with van der Waals surface area (Å²) in [5, 5.41) is 15.9. The lowest BCUT2D eigenvalue weighted by Crippen LogP contribution is -2.24. The van der Waals surface area contributed by atoms with Crippen LogP contribution in [0.1, 0.15) is 11.1 Å². The van der Waals surface area contributed by atoms with E-state index >= 15 is 0 Å². The Balaban J connectivity index is 1.47. The van der Waals surface area contributed by atoms with Gasteiger partial charge in [0.2, 0.25) is 5.91 Å². The predicted octanol–water partition coefficient (Wildman–Crippen LogP) is 4.30. The molecule has 0 aromatic heterocycles. The molecule has 0 aliphatic rings. The quantitative estimate of drug-likeness (QED) is 0.500. The number of carbonyl (C=O) groups excluding carboxylic acids is 1. The Hall–Kier alpha value is -2.86. The minimum absolute atomic E-state index is 0.0233. The van der Waals surface area contributed by atoms with E-state index in [4.69, 9.17) is 0 Å². The fraction of sp³-hybridized carbons (Fsp3) is 0.150. The van der Waals surface area contributed by atoms with Crippen molar-refractivity contribution in [1.29, 1.82) is 0 Å². The van der Waals surface area contributed by atoms with Gasteiger partial charge in [0.05, 0.1) is 10.7 Å². The monoisotopic (exact) mass is 366 g/mol. The molecule has 0 spiro atoms. The number of nitro benzene ring substituents is 1. The minimum atomic E-state index is -0.419. The van der Waals surface area contributed by atoms with E-state index in [-0.39, 0.29) is 11.6 Å². The number of nitro groups is 1. The number of non-ortho nitro benzene ring substituents is 1. The lowest BCUT2D eigenvalue weighted by molar-refractivity contribution is -0.384. The molecule has 0 aliphatic carbocycles. The largest absolute Gasteiger partial charge is 0.351 e. The zero-order chi connectivity index (χ0) is 18.4. The molecule has 0 saturated heterocycles. The average molecular weight is 366 g/mol. The van der Waals surface area contributed by atoms with E-state index < -0.39 is 4.92 Å². The number of nitrogens with one attached hydrogen (secondary N) is 1. The Bertz CT molecular complexity index is 920. The van der Waals surface area contributed by atoms with Crippen LogP contribution in [0, 0.1) is 10.1 Å². The van der Waals surface area contributed by atoms with E-state index in [0.717, 1.165) is 21.9 Å². The van der Waals surface area contributed by atoms with E-state index in [0.29, 0.717) is 18.1 Å². The second-order valence-electron chi connectivity index (χ2n) is 5.83. The van der Waals surface area contributed by atoms with Gasteiger partial charge < -0.3 is 5.32 Å². The van der Waals surface area contributed by atoms with Crippen LogP contribution in [-0.2, 0) is 17.1 Å². The summed E-state index contributed by atoms with van der Waals surface area (Å²) >= 11 is 1.49. The molecule has 3 rings (SSSR count). The van der Waals surface area contributed by atoms with Crippen LogP contribution in [0.4, 0.5) is 5.69 Å². The molecule has 0 bridgehead atoms. The van der Waals surface area contributed by atoms with Gasteiger partial charge in [0, 0.05) is 24.4 Å². The van der Waals surface area contributed by atoms with Gasteiger partial charge in [-0.1, -0.05) is 54.6 Å². The number of nitrogens with zero attached hydrogens (tertiary/aromatic N) is 1. The molecule has 0 fully saturated rings. The summed E-state index contributed by atoms with van der Waals surface area (Å²) in [5.41, 5.74) is 2.13. The average Bonchev–Trinajstić information content (AvgIpc) is 2.66. The zero-order valence-corrected chi connectivity index (χ0v) is 14.9. The highest BCUT2D eigenvalue weighted by atomic mass is 32.2. The third kappa shape index (κ3) is 4.61. The molecule has 3 aromatic carbocycles. The zero-order valence-electron chi connectivity index (χ0n) is 14.1. The first-order valence-electron chi connectivity index (χ1n) is 8.18. The first-order valence-corrected chi connectivity index (χ1v) is 9.33. The Labute approximate surface area is 155 Å². The van der Waals surface area contributed by atoms with Crippen LogP contribution in [-0.4, -0.2) is 16.6 Å². The van der Waals surface area contributed by atoms with Crippen LogP contribution in [0.3, 0.4) is 0 Å². The smallest absolute Gasteiger partial charge is 0.269 e. The van der Waals surface area contributed by atoms with Crippen molar-refractivity contribution in [3.05, 3.63) is 88.0 Å². The molecule has 132 valence electrons. The highest BCUT2D eigenvalue weighted by molar-refractivity contribution is 7.99. The SMILES string of the molecule is O=C(CSCc1ccc([N+](=O)[O-])cc1)NCc1cccc2ccccc12. The van der Waals surface area contributed by atoms with Crippen LogP contribution >= 0.6 is 11.8 Å². The second kappa shape index (κ2) is 8.49. The molecule has 26 heavy (non-hydrogen) atoms. The van der Waals surface area contributed by atoms with Gasteiger partial charge in [0.1, 0.15) is 0 Å². The number of fused-ring (bicyclic) bond motifs is 1. The second-order valence-corrected chi connectivity index (χ2v) is 6.82. The number of benzene rings is 3. The molecule has 0 aliphatic heterocycles. The molecule has 0 radical (unpaired) electrons. The van der Waals surface area contributed by atoms with Crippen LogP contribution in [0.15, 0.2) is 66.7 Å². The molecule has 0 atom stereocenters. The normalized spacial score (nSPS) is 10.6. The van der Waals surface area contributed by atoms with Crippen molar-refractivity contribution in [2.75, 3.05) is 5.75 Å². The highest BCUT2D eigenvalue weighted by Gasteiger charge is 2.06. The van der Waals surface area contributed by atoms with Gasteiger partial charge in [0.15, 0.2) is 0 Å². The number of amides is 1. The summed E-state index contributed by atoms with van der Waals surface area (Å²) in [6.45, 7) is 0.498. The lowest BCUT2D eigenvalue weighted by atomic mass is 10.0. The lowest BCUT2D eigenvalue weighted by Gasteiger charge is -2.08. The third-order valence-corrected chi connectivity index (χ3v) is 5.01. The fourth-order valence-electron chi connectivity index (χ4n) is 2.67. The van der Waals surface area contributed by atoms with Crippen molar-refractivity contribution in [3.63, 3.8) is 0 Å². The number of thioether (sulfide) groups is 1. The van der Waals surface area contributed by atoms with Gasteiger partial charge in [-0.25, -0.2) is 0 Å². The number of carbonyl (C=O) groups is 1. The molecule has 0 unspecified atom stereocenters. The molecule has 5 nitrogen and oxygen atoms in total. The van der Waals surface area contributed by atoms with E-state index in [1.54, 1.807) is 12.1 Å². The number of rotatable bonds is 7. The number of hydrogen-bond donors (Lipinski definition) is 1. The van der Waals surface area contributed by atoms with Gasteiger partial charge >= 0.3 is 0 Å². The van der Waals surface area contributed by atoms with E-state index in [1.807, 2.05) is 24.3 Å². The molecule has 6 heteroatoms. The maximum absolute atomic E-state index is 12.1. The van der Waals surface area contributed by atoms with Crippen molar-refractivity contribution in [1.82, 2.24) is 5.32 Å². The molecule has 0 saturated carbocycles. The van der Waals surface area contributed by atoms with Crippen LogP contribution < -0.4 is 5.32 Å². The maximum Gasteiger partial charge on any atom is 0.269 e. The third-order valence-electron chi connectivity index (χ3n) is 4.00. The van der Waals surface area contributed by atoms with Crippen LogP contribution in [0.2, 0.25) is 0 Å². The summed E-state index contributed by atoms with van der Waals surface area (Å²) in [4.78, 5) is 22.3. The Morgan fingerprint density at radius 2 is 1.73 bits per heavy atom. The van der Waals surface area contributed by atoms with Crippen molar-refractivity contribution in [2.45, 2.75) is 12.3 Å². The first kappa shape index (κ1) is 17.9. The summed E-state index contributed by atoms with van der Waals surface area (Å²) in [6, 6.07) is 20.6. The van der Waals surface area contributed by atoms with Crippen molar-refractivity contribution < 1.29 is 9.72 Å². The molecular formula is C20H18N2O3S. The van der Waals surface area contributed by atoms with E-state index in [9.17, 15) is 14.9 Å². The van der Waals surface area contributed by atoms with Gasteiger partial charge in [-0.3, -0.25) is 14.9 Å². The highest BCUT2D eigenvalue weighted by Crippen LogP contribution is 2.19.